The lowest BCUT2D eigenvalue weighted by Crippen LogP contribution is -2.08. The summed E-state index contributed by atoms with van der Waals surface area (Å²) in [6.07, 6.45) is 2.84. The summed E-state index contributed by atoms with van der Waals surface area (Å²) in [6, 6.07) is 20.5. The Hall–Kier alpha value is -4.00. The van der Waals surface area contributed by atoms with Crippen LogP contribution in [0.3, 0.4) is 0 Å². The molecule has 0 unspecified atom stereocenters. The Morgan fingerprint density at radius 2 is 1.81 bits per heavy atom. The number of aromatic carboxylic acids is 1. The topological polar surface area (TPSA) is 90.1 Å². The van der Waals surface area contributed by atoms with Crippen LogP contribution in [0, 0.1) is 0 Å². The van der Waals surface area contributed by atoms with E-state index in [0.29, 0.717) is 17.3 Å². The average molecular weight is 358 g/mol. The molecule has 1 N–H and O–H groups in total. The van der Waals surface area contributed by atoms with Gasteiger partial charge in [-0.1, -0.05) is 41.6 Å². The van der Waals surface area contributed by atoms with Gasteiger partial charge in [-0.15, -0.1) is 5.10 Å². The van der Waals surface area contributed by atoms with Crippen molar-refractivity contribution in [3.63, 3.8) is 0 Å². The maximum absolute atomic E-state index is 11.4. The fourth-order valence-corrected chi connectivity index (χ4v) is 2.68. The highest BCUT2D eigenvalue weighted by molar-refractivity contribution is 5.86. The molecule has 27 heavy (non-hydrogen) atoms. The maximum Gasteiger partial charge on any atom is 0.356 e. The molecule has 0 atom stereocenters. The lowest BCUT2D eigenvalue weighted by molar-refractivity contribution is 0.0687. The molecule has 0 amide bonds. The van der Waals surface area contributed by atoms with Crippen LogP contribution in [0.1, 0.15) is 10.5 Å². The van der Waals surface area contributed by atoms with Crippen molar-refractivity contribution in [2.75, 3.05) is 0 Å². The minimum atomic E-state index is -1.11. The highest BCUT2D eigenvalue weighted by atomic mass is 16.5. The second-order valence-corrected chi connectivity index (χ2v) is 5.65. The standard InChI is InChI=1S/C20H14N4O3/c25-20(26)17-13-22-23-24(17)15-9-10-16(14-6-2-1-3-7-14)18(12-15)27-19-8-4-5-11-21-19/h1-13H,(H,25,26). The summed E-state index contributed by atoms with van der Waals surface area (Å²) in [5, 5.41) is 16.9. The Kier molecular flexibility index (Phi) is 4.32. The molecular weight excluding hydrogens is 344 g/mol. The second kappa shape index (κ2) is 7.09. The fraction of sp³-hybridized carbons (Fsp3) is 0. The molecule has 0 bridgehead atoms. The van der Waals surface area contributed by atoms with Gasteiger partial charge in [0.2, 0.25) is 5.88 Å². The molecule has 2 aromatic carbocycles. The first-order valence-corrected chi connectivity index (χ1v) is 8.15. The molecule has 7 heteroatoms. The van der Waals surface area contributed by atoms with Gasteiger partial charge in [-0.3, -0.25) is 0 Å². The van der Waals surface area contributed by atoms with Gasteiger partial charge in [-0.05, 0) is 23.8 Å². The first kappa shape index (κ1) is 16.5. The summed E-state index contributed by atoms with van der Waals surface area (Å²) >= 11 is 0. The third kappa shape index (κ3) is 3.38. The van der Waals surface area contributed by atoms with Crippen LogP contribution in [0.4, 0.5) is 0 Å². The SMILES string of the molecule is O=C(O)c1cnnn1-c1ccc(-c2ccccc2)c(Oc2ccccn2)c1. The molecule has 0 aliphatic rings. The number of carbonyl (C=O) groups is 1. The van der Waals surface area contributed by atoms with Crippen LogP contribution in [0.5, 0.6) is 11.6 Å². The van der Waals surface area contributed by atoms with Crippen molar-refractivity contribution < 1.29 is 14.6 Å². The predicted molar refractivity (Wildman–Crippen MR) is 98.1 cm³/mol. The van der Waals surface area contributed by atoms with E-state index in [9.17, 15) is 9.90 Å². The zero-order valence-electron chi connectivity index (χ0n) is 14.1. The van der Waals surface area contributed by atoms with Gasteiger partial charge < -0.3 is 9.84 Å². The van der Waals surface area contributed by atoms with Gasteiger partial charge in [0, 0.05) is 23.9 Å². The summed E-state index contributed by atoms with van der Waals surface area (Å²) in [4.78, 5) is 15.6. The number of nitrogens with zero attached hydrogens (tertiary/aromatic N) is 4. The molecule has 0 fully saturated rings. The van der Waals surface area contributed by atoms with Crippen molar-refractivity contribution in [3.8, 4) is 28.4 Å². The quantitative estimate of drug-likeness (QED) is 0.583. The third-order valence-electron chi connectivity index (χ3n) is 3.92. The Bertz CT molecular complexity index is 1080. The molecule has 4 aromatic rings. The molecule has 2 heterocycles. The molecule has 0 saturated carbocycles. The average Bonchev–Trinajstić information content (AvgIpc) is 3.20. The van der Waals surface area contributed by atoms with E-state index in [4.69, 9.17) is 4.74 Å². The first-order valence-electron chi connectivity index (χ1n) is 8.15. The van der Waals surface area contributed by atoms with Crippen molar-refractivity contribution in [2.24, 2.45) is 0 Å². The van der Waals surface area contributed by atoms with Crippen molar-refractivity contribution >= 4 is 5.97 Å². The molecule has 0 spiro atoms. The summed E-state index contributed by atoms with van der Waals surface area (Å²) in [5.41, 5.74) is 2.30. The zero-order chi connectivity index (χ0) is 18.6. The monoisotopic (exact) mass is 358 g/mol. The van der Waals surface area contributed by atoms with E-state index < -0.39 is 5.97 Å². The number of carboxylic acid groups (broad SMARTS) is 1. The van der Waals surface area contributed by atoms with Gasteiger partial charge in [0.05, 0.1) is 11.9 Å². The van der Waals surface area contributed by atoms with E-state index >= 15 is 0 Å². The third-order valence-corrected chi connectivity index (χ3v) is 3.92. The lowest BCUT2D eigenvalue weighted by Gasteiger charge is -2.13. The molecule has 7 nitrogen and oxygen atoms in total. The Labute approximate surface area is 154 Å². The number of benzene rings is 2. The van der Waals surface area contributed by atoms with Crippen LogP contribution in [0.2, 0.25) is 0 Å². The number of hydrogen-bond donors (Lipinski definition) is 1. The number of ether oxygens (including phenoxy) is 1. The van der Waals surface area contributed by atoms with E-state index in [1.807, 2.05) is 42.5 Å². The van der Waals surface area contributed by atoms with Crippen molar-refractivity contribution in [3.05, 3.63) is 84.8 Å². The normalized spacial score (nSPS) is 10.5. The molecule has 0 aliphatic heterocycles. The van der Waals surface area contributed by atoms with Crippen molar-refractivity contribution in [1.29, 1.82) is 0 Å². The highest BCUT2D eigenvalue weighted by Crippen LogP contribution is 2.34. The number of carboxylic acids is 1. The Morgan fingerprint density at radius 1 is 1.00 bits per heavy atom. The van der Waals surface area contributed by atoms with Crippen LogP contribution in [0.15, 0.2) is 79.1 Å². The van der Waals surface area contributed by atoms with Gasteiger partial charge >= 0.3 is 5.97 Å². The summed E-state index contributed by atoms with van der Waals surface area (Å²) in [7, 11) is 0. The van der Waals surface area contributed by atoms with Gasteiger partial charge in [0.25, 0.3) is 0 Å². The zero-order valence-corrected chi connectivity index (χ0v) is 14.1. The van der Waals surface area contributed by atoms with Gasteiger partial charge in [0.15, 0.2) is 5.69 Å². The van der Waals surface area contributed by atoms with Gasteiger partial charge in [-0.2, -0.15) is 0 Å². The van der Waals surface area contributed by atoms with Crippen LogP contribution in [-0.4, -0.2) is 31.1 Å². The molecule has 132 valence electrons. The first-order chi connectivity index (χ1) is 13.2. The van der Waals surface area contributed by atoms with Crippen LogP contribution < -0.4 is 4.74 Å². The largest absolute Gasteiger partial charge is 0.476 e. The van der Waals surface area contributed by atoms with E-state index in [0.717, 1.165) is 11.1 Å². The second-order valence-electron chi connectivity index (χ2n) is 5.65. The Morgan fingerprint density at radius 3 is 2.56 bits per heavy atom. The van der Waals surface area contributed by atoms with Crippen molar-refractivity contribution in [1.82, 2.24) is 20.0 Å². The van der Waals surface area contributed by atoms with Crippen LogP contribution >= 0.6 is 0 Å². The minimum absolute atomic E-state index is 0.0359. The summed E-state index contributed by atoms with van der Waals surface area (Å²) in [6.45, 7) is 0. The molecule has 4 rings (SSSR count). The Balaban J connectivity index is 1.83. The smallest absolute Gasteiger partial charge is 0.356 e. The lowest BCUT2D eigenvalue weighted by atomic mass is 10.0. The van der Waals surface area contributed by atoms with E-state index in [-0.39, 0.29) is 5.69 Å². The maximum atomic E-state index is 11.4. The molecule has 0 radical (unpaired) electrons. The molecular formula is C20H14N4O3. The molecule has 0 saturated heterocycles. The minimum Gasteiger partial charge on any atom is -0.476 e. The number of pyridine rings is 1. The van der Waals surface area contributed by atoms with Crippen LogP contribution in [-0.2, 0) is 0 Å². The number of aromatic nitrogens is 4. The van der Waals surface area contributed by atoms with Crippen molar-refractivity contribution in [2.45, 2.75) is 0 Å². The molecule has 2 aromatic heterocycles. The summed E-state index contributed by atoms with van der Waals surface area (Å²) < 4.78 is 7.24. The predicted octanol–water partition coefficient (Wildman–Crippen LogP) is 3.82. The summed E-state index contributed by atoms with van der Waals surface area (Å²) in [5.74, 6) is -0.146. The van der Waals surface area contributed by atoms with E-state index in [1.165, 1.54) is 10.9 Å². The number of rotatable bonds is 5. The van der Waals surface area contributed by atoms with Crippen LogP contribution in [0.25, 0.3) is 16.8 Å². The van der Waals surface area contributed by atoms with E-state index in [2.05, 4.69) is 15.3 Å². The van der Waals surface area contributed by atoms with Gasteiger partial charge in [0.1, 0.15) is 5.75 Å². The fourth-order valence-electron chi connectivity index (χ4n) is 2.68. The molecule has 0 aliphatic carbocycles. The highest BCUT2D eigenvalue weighted by Gasteiger charge is 2.16. The van der Waals surface area contributed by atoms with Gasteiger partial charge in [-0.25, -0.2) is 14.5 Å². The van der Waals surface area contributed by atoms with E-state index in [1.54, 1.807) is 30.5 Å². The number of hydrogen-bond acceptors (Lipinski definition) is 5.